The van der Waals surface area contributed by atoms with Crippen molar-refractivity contribution in [3.8, 4) is 11.8 Å². The van der Waals surface area contributed by atoms with E-state index < -0.39 is 0 Å². The second-order valence-corrected chi connectivity index (χ2v) is 3.84. The third-order valence-corrected chi connectivity index (χ3v) is 2.49. The van der Waals surface area contributed by atoms with E-state index in [0.717, 1.165) is 18.8 Å². The van der Waals surface area contributed by atoms with E-state index in [4.69, 9.17) is 9.47 Å². The third kappa shape index (κ3) is 3.12. The molecule has 2 heterocycles. The number of aromatic nitrogens is 4. The van der Waals surface area contributed by atoms with E-state index in [1.54, 1.807) is 26.5 Å². The van der Waals surface area contributed by atoms with Gasteiger partial charge in [0.05, 0.1) is 26.5 Å². The van der Waals surface area contributed by atoms with Crippen molar-refractivity contribution in [1.82, 2.24) is 19.7 Å². The average Bonchev–Trinajstić information content (AvgIpc) is 2.86. The number of ether oxygens (including phenoxy) is 2. The quantitative estimate of drug-likeness (QED) is 0.857. The summed E-state index contributed by atoms with van der Waals surface area (Å²) in [7, 11) is 3.10. The van der Waals surface area contributed by atoms with Gasteiger partial charge in [0, 0.05) is 12.6 Å². The van der Waals surface area contributed by atoms with Gasteiger partial charge in [-0.25, -0.2) is 4.68 Å². The van der Waals surface area contributed by atoms with Crippen molar-refractivity contribution in [2.75, 3.05) is 19.5 Å². The highest BCUT2D eigenvalue weighted by atomic mass is 16.5. The molecule has 19 heavy (non-hydrogen) atoms. The smallest absolute Gasteiger partial charge is 0.235 e. The molecule has 0 unspecified atom stereocenters. The number of rotatable bonds is 6. The summed E-state index contributed by atoms with van der Waals surface area (Å²) in [6.07, 6.45) is 2.73. The summed E-state index contributed by atoms with van der Waals surface area (Å²) in [4.78, 5) is 8.42. The number of hydrogen-bond donors (Lipinski definition) is 1. The fraction of sp³-hybridized carbons (Fsp3) is 0.417. The van der Waals surface area contributed by atoms with Crippen LogP contribution in [0.25, 0.3) is 0 Å². The van der Waals surface area contributed by atoms with E-state index in [0.29, 0.717) is 17.7 Å². The van der Waals surface area contributed by atoms with E-state index >= 15 is 0 Å². The molecule has 2 aromatic heterocycles. The highest BCUT2D eigenvalue weighted by Gasteiger charge is 2.08. The van der Waals surface area contributed by atoms with Gasteiger partial charge in [0.25, 0.3) is 0 Å². The van der Waals surface area contributed by atoms with Crippen LogP contribution in [0.4, 0.5) is 11.8 Å². The number of anilines is 2. The molecule has 0 aliphatic rings. The minimum Gasteiger partial charge on any atom is -0.481 e. The van der Waals surface area contributed by atoms with Crippen LogP contribution in [-0.4, -0.2) is 34.0 Å². The summed E-state index contributed by atoms with van der Waals surface area (Å²) >= 11 is 0. The van der Waals surface area contributed by atoms with Gasteiger partial charge in [0.15, 0.2) is 0 Å². The van der Waals surface area contributed by atoms with Crippen LogP contribution in [0.3, 0.4) is 0 Å². The van der Waals surface area contributed by atoms with Crippen molar-refractivity contribution in [2.24, 2.45) is 0 Å². The molecule has 0 aliphatic carbocycles. The maximum absolute atomic E-state index is 5.10. The molecular weight excluding hydrogens is 246 g/mol. The van der Waals surface area contributed by atoms with Crippen LogP contribution in [0.15, 0.2) is 18.3 Å². The van der Waals surface area contributed by atoms with Crippen molar-refractivity contribution < 1.29 is 9.47 Å². The van der Waals surface area contributed by atoms with E-state index in [1.807, 2.05) is 10.7 Å². The number of hydrogen-bond acceptors (Lipinski definition) is 6. The van der Waals surface area contributed by atoms with Crippen molar-refractivity contribution >= 4 is 11.8 Å². The van der Waals surface area contributed by atoms with Gasteiger partial charge in [0.2, 0.25) is 17.7 Å². The largest absolute Gasteiger partial charge is 0.481 e. The molecule has 0 aliphatic heterocycles. The molecule has 0 spiro atoms. The molecule has 0 bridgehead atoms. The van der Waals surface area contributed by atoms with Gasteiger partial charge in [-0.1, -0.05) is 6.92 Å². The fourth-order valence-electron chi connectivity index (χ4n) is 1.61. The topological polar surface area (TPSA) is 74.1 Å². The van der Waals surface area contributed by atoms with Gasteiger partial charge in [-0.3, -0.25) is 0 Å². The standard InChI is InChI=1S/C12H17N5O2/c1-4-7-17-9(5-6-13-17)14-12-15-10(18-2)8-11(16-12)19-3/h5-6,8H,4,7H2,1-3H3,(H,14,15,16). The van der Waals surface area contributed by atoms with E-state index in [1.165, 1.54) is 0 Å². The summed E-state index contributed by atoms with van der Waals surface area (Å²) in [5, 5.41) is 7.33. The van der Waals surface area contributed by atoms with Crippen molar-refractivity contribution in [3.63, 3.8) is 0 Å². The SMILES string of the molecule is CCCn1nccc1Nc1nc(OC)cc(OC)n1. The summed E-state index contributed by atoms with van der Waals surface area (Å²) < 4.78 is 12.1. The van der Waals surface area contributed by atoms with E-state index in [2.05, 4.69) is 27.3 Å². The lowest BCUT2D eigenvalue weighted by Gasteiger charge is -2.09. The lowest BCUT2D eigenvalue weighted by molar-refractivity contribution is 0.373. The molecule has 0 fully saturated rings. The molecule has 0 saturated heterocycles. The average molecular weight is 263 g/mol. The Kier molecular flexibility index (Phi) is 4.17. The Morgan fingerprint density at radius 3 is 2.47 bits per heavy atom. The second-order valence-electron chi connectivity index (χ2n) is 3.84. The maximum Gasteiger partial charge on any atom is 0.235 e. The highest BCUT2D eigenvalue weighted by Crippen LogP contribution is 2.20. The van der Waals surface area contributed by atoms with Crippen LogP contribution in [0.1, 0.15) is 13.3 Å². The minimum atomic E-state index is 0.411. The lowest BCUT2D eigenvalue weighted by Crippen LogP contribution is -2.07. The Morgan fingerprint density at radius 1 is 1.21 bits per heavy atom. The van der Waals surface area contributed by atoms with Crippen molar-refractivity contribution in [1.29, 1.82) is 0 Å². The monoisotopic (exact) mass is 263 g/mol. The normalized spacial score (nSPS) is 10.3. The lowest BCUT2D eigenvalue weighted by atomic mass is 10.5. The van der Waals surface area contributed by atoms with Gasteiger partial charge in [-0.2, -0.15) is 15.1 Å². The van der Waals surface area contributed by atoms with Crippen LogP contribution in [0.2, 0.25) is 0 Å². The van der Waals surface area contributed by atoms with Gasteiger partial charge < -0.3 is 14.8 Å². The molecule has 2 rings (SSSR count). The second kappa shape index (κ2) is 6.03. The molecule has 0 amide bonds. The number of aryl methyl sites for hydroxylation is 1. The van der Waals surface area contributed by atoms with Crippen LogP contribution in [0, 0.1) is 0 Å². The van der Waals surface area contributed by atoms with Gasteiger partial charge >= 0.3 is 0 Å². The molecule has 1 N–H and O–H groups in total. The van der Waals surface area contributed by atoms with E-state index in [9.17, 15) is 0 Å². The molecule has 102 valence electrons. The summed E-state index contributed by atoms with van der Waals surface area (Å²) in [6.45, 7) is 2.92. The Morgan fingerprint density at radius 2 is 1.89 bits per heavy atom. The van der Waals surface area contributed by atoms with Crippen molar-refractivity contribution in [3.05, 3.63) is 18.3 Å². The molecule has 0 saturated carbocycles. The Labute approximate surface area is 111 Å². The molecule has 2 aromatic rings. The summed E-state index contributed by atoms with van der Waals surface area (Å²) in [5.41, 5.74) is 0. The number of nitrogens with one attached hydrogen (secondary N) is 1. The highest BCUT2D eigenvalue weighted by molar-refractivity contribution is 5.49. The molecule has 7 heteroatoms. The maximum atomic E-state index is 5.10. The predicted octanol–water partition coefficient (Wildman–Crippen LogP) is 1.84. The fourth-order valence-corrected chi connectivity index (χ4v) is 1.61. The van der Waals surface area contributed by atoms with Crippen LogP contribution in [-0.2, 0) is 6.54 Å². The first kappa shape index (κ1) is 13.1. The minimum absolute atomic E-state index is 0.411. The van der Waals surface area contributed by atoms with Crippen LogP contribution in [0.5, 0.6) is 11.8 Å². The molecular formula is C12H17N5O2. The first-order valence-electron chi connectivity index (χ1n) is 6.02. The molecule has 0 aromatic carbocycles. The van der Waals surface area contributed by atoms with Gasteiger partial charge in [-0.15, -0.1) is 0 Å². The third-order valence-electron chi connectivity index (χ3n) is 2.49. The first-order valence-corrected chi connectivity index (χ1v) is 6.02. The first-order chi connectivity index (χ1) is 9.26. The van der Waals surface area contributed by atoms with Crippen LogP contribution >= 0.6 is 0 Å². The van der Waals surface area contributed by atoms with Crippen LogP contribution < -0.4 is 14.8 Å². The molecule has 0 atom stereocenters. The van der Waals surface area contributed by atoms with Crippen molar-refractivity contribution in [2.45, 2.75) is 19.9 Å². The molecule has 7 nitrogen and oxygen atoms in total. The number of methoxy groups -OCH3 is 2. The summed E-state index contributed by atoms with van der Waals surface area (Å²) in [5.74, 6) is 2.12. The number of nitrogens with zero attached hydrogens (tertiary/aromatic N) is 4. The van der Waals surface area contributed by atoms with Gasteiger partial charge in [-0.05, 0) is 6.42 Å². The molecule has 0 radical (unpaired) electrons. The van der Waals surface area contributed by atoms with Gasteiger partial charge in [0.1, 0.15) is 5.82 Å². The Balaban J connectivity index is 2.24. The Hall–Kier alpha value is -2.31. The zero-order chi connectivity index (χ0) is 13.7. The summed E-state index contributed by atoms with van der Waals surface area (Å²) in [6, 6.07) is 3.49. The Bertz CT molecular complexity index is 518. The predicted molar refractivity (Wildman–Crippen MR) is 70.9 cm³/mol. The van der Waals surface area contributed by atoms with E-state index in [-0.39, 0.29) is 0 Å². The zero-order valence-corrected chi connectivity index (χ0v) is 11.3. The zero-order valence-electron chi connectivity index (χ0n) is 11.3.